The van der Waals surface area contributed by atoms with Gasteiger partial charge in [0.1, 0.15) is 11.6 Å². The van der Waals surface area contributed by atoms with Gasteiger partial charge in [-0.2, -0.15) is 0 Å². The summed E-state index contributed by atoms with van der Waals surface area (Å²) in [5, 5.41) is 10.9. The quantitative estimate of drug-likeness (QED) is 0.416. The number of aryl methyl sites for hydroxylation is 1. The number of ketones is 1. The highest BCUT2D eigenvalue weighted by Gasteiger charge is 2.46. The van der Waals surface area contributed by atoms with E-state index in [9.17, 15) is 19.1 Å². The van der Waals surface area contributed by atoms with Gasteiger partial charge in [0, 0.05) is 23.6 Å². The number of Topliss-reactive ketones (excluding diaryl/α,β-unsaturated/α-hetero) is 1. The molecule has 3 aromatic rings. The summed E-state index contributed by atoms with van der Waals surface area (Å²) in [6, 6.07) is 14.9. The molecule has 29 heavy (non-hydrogen) atoms. The first kappa shape index (κ1) is 18.6. The van der Waals surface area contributed by atoms with Crippen molar-refractivity contribution in [3.05, 3.63) is 101 Å². The second-order valence-corrected chi connectivity index (χ2v) is 6.79. The van der Waals surface area contributed by atoms with Crippen LogP contribution in [0.4, 0.5) is 10.1 Å². The highest BCUT2D eigenvalue weighted by atomic mass is 19.1. The molecule has 1 atom stereocenters. The molecule has 1 aliphatic heterocycles. The number of hydrogen-bond donors (Lipinski definition) is 1. The van der Waals surface area contributed by atoms with Crippen LogP contribution in [0.25, 0.3) is 5.76 Å². The van der Waals surface area contributed by atoms with Crippen LogP contribution in [0.3, 0.4) is 0 Å². The molecule has 1 N–H and O–H groups in total. The Balaban J connectivity index is 1.93. The minimum atomic E-state index is -0.828. The predicted octanol–water partition coefficient (Wildman–Crippen LogP) is 4.16. The van der Waals surface area contributed by atoms with Gasteiger partial charge in [0.15, 0.2) is 0 Å². The molecule has 1 unspecified atom stereocenters. The number of pyridine rings is 1. The Bertz CT molecular complexity index is 1110. The van der Waals surface area contributed by atoms with Crippen LogP contribution < -0.4 is 4.90 Å². The number of aromatic nitrogens is 1. The van der Waals surface area contributed by atoms with Gasteiger partial charge in [-0.05, 0) is 61.0 Å². The standard InChI is InChI=1S/C23H17FN2O3/c1-14-2-8-18(9-3-14)26-20(15-10-12-25-13-11-15)19(22(28)23(26)29)21(27)16-4-6-17(24)7-5-16/h2-13,20,27H,1H3/b21-19-. The lowest BCUT2D eigenvalue weighted by Crippen LogP contribution is -2.29. The van der Waals surface area contributed by atoms with E-state index in [1.807, 2.05) is 19.1 Å². The summed E-state index contributed by atoms with van der Waals surface area (Å²) in [5.41, 5.74) is 2.39. The normalized spacial score (nSPS) is 18.3. The van der Waals surface area contributed by atoms with Gasteiger partial charge in [-0.25, -0.2) is 4.39 Å². The van der Waals surface area contributed by atoms with Gasteiger partial charge in [0.25, 0.3) is 11.7 Å². The summed E-state index contributed by atoms with van der Waals surface area (Å²) >= 11 is 0. The molecule has 6 heteroatoms. The summed E-state index contributed by atoms with van der Waals surface area (Å²) in [6.45, 7) is 1.92. The zero-order valence-corrected chi connectivity index (χ0v) is 15.5. The zero-order valence-electron chi connectivity index (χ0n) is 15.5. The van der Waals surface area contributed by atoms with E-state index in [1.165, 1.54) is 29.2 Å². The minimum Gasteiger partial charge on any atom is -0.507 e. The van der Waals surface area contributed by atoms with Gasteiger partial charge in [-0.15, -0.1) is 0 Å². The summed E-state index contributed by atoms with van der Waals surface area (Å²) in [5.74, 6) is -2.35. The Labute approximate surface area is 166 Å². The molecule has 0 radical (unpaired) electrons. The first-order valence-electron chi connectivity index (χ1n) is 9.01. The van der Waals surface area contributed by atoms with Gasteiger partial charge in [-0.3, -0.25) is 19.5 Å². The first-order valence-corrected chi connectivity index (χ1v) is 9.01. The van der Waals surface area contributed by atoms with Crippen molar-refractivity contribution in [2.75, 3.05) is 4.90 Å². The van der Waals surface area contributed by atoms with Crippen molar-refractivity contribution in [2.24, 2.45) is 0 Å². The number of halogens is 1. The third-order valence-electron chi connectivity index (χ3n) is 4.90. The van der Waals surface area contributed by atoms with Crippen LogP contribution in [-0.2, 0) is 9.59 Å². The Kier molecular flexibility index (Phi) is 4.68. The van der Waals surface area contributed by atoms with E-state index in [-0.39, 0.29) is 16.9 Å². The maximum atomic E-state index is 13.3. The smallest absolute Gasteiger partial charge is 0.300 e. The molecule has 0 spiro atoms. The van der Waals surface area contributed by atoms with Crippen molar-refractivity contribution in [3.8, 4) is 0 Å². The summed E-state index contributed by atoms with van der Waals surface area (Å²) in [6.07, 6.45) is 3.12. The number of nitrogens with zero attached hydrogens (tertiary/aromatic N) is 2. The van der Waals surface area contributed by atoms with Gasteiger partial charge >= 0.3 is 0 Å². The van der Waals surface area contributed by atoms with Gasteiger partial charge in [0.05, 0.1) is 11.6 Å². The second-order valence-electron chi connectivity index (χ2n) is 6.79. The van der Waals surface area contributed by atoms with Crippen molar-refractivity contribution >= 4 is 23.1 Å². The van der Waals surface area contributed by atoms with Crippen LogP contribution in [-0.4, -0.2) is 21.8 Å². The molecule has 2 heterocycles. The highest BCUT2D eigenvalue weighted by Crippen LogP contribution is 2.41. The number of amides is 1. The average Bonchev–Trinajstić information content (AvgIpc) is 3.00. The van der Waals surface area contributed by atoms with E-state index >= 15 is 0 Å². The number of rotatable bonds is 3. The van der Waals surface area contributed by atoms with E-state index in [1.54, 1.807) is 36.7 Å². The fraction of sp³-hybridized carbons (Fsp3) is 0.0870. The Morgan fingerprint density at radius 2 is 1.59 bits per heavy atom. The molecule has 4 rings (SSSR count). The van der Waals surface area contributed by atoms with Crippen molar-refractivity contribution < 1.29 is 19.1 Å². The number of aliphatic hydroxyl groups is 1. The van der Waals surface area contributed by atoms with Gasteiger partial charge in [-0.1, -0.05) is 17.7 Å². The largest absolute Gasteiger partial charge is 0.507 e. The lowest BCUT2D eigenvalue weighted by molar-refractivity contribution is -0.132. The molecule has 0 bridgehead atoms. The number of carbonyl (C=O) groups excluding carboxylic acids is 2. The van der Waals surface area contributed by atoms with Crippen LogP contribution in [0.1, 0.15) is 22.7 Å². The molecule has 2 aromatic carbocycles. The van der Waals surface area contributed by atoms with Crippen molar-refractivity contribution in [1.29, 1.82) is 0 Å². The van der Waals surface area contributed by atoms with Crippen LogP contribution in [0.15, 0.2) is 78.6 Å². The summed E-state index contributed by atoms with van der Waals surface area (Å²) in [4.78, 5) is 31.2. The van der Waals surface area contributed by atoms with Crippen molar-refractivity contribution in [3.63, 3.8) is 0 Å². The van der Waals surface area contributed by atoms with Crippen LogP contribution >= 0.6 is 0 Å². The molecular formula is C23H17FN2O3. The predicted molar refractivity (Wildman–Crippen MR) is 107 cm³/mol. The number of anilines is 1. The lowest BCUT2D eigenvalue weighted by atomic mass is 9.95. The van der Waals surface area contributed by atoms with E-state index in [4.69, 9.17) is 0 Å². The van der Waals surface area contributed by atoms with E-state index < -0.39 is 23.5 Å². The van der Waals surface area contributed by atoms with Crippen molar-refractivity contribution in [1.82, 2.24) is 4.98 Å². The monoisotopic (exact) mass is 388 g/mol. The molecule has 144 valence electrons. The van der Waals surface area contributed by atoms with E-state index in [0.717, 1.165) is 5.56 Å². The van der Waals surface area contributed by atoms with Crippen LogP contribution in [0, 0.1) is 12.7 Å². The zero-order chi connectivity index (χ0) is 20.5. The number of benzene rings is 2. The maximum Gasteiger partial charge on any atom is 0.300 e. The number of hydrogen-bond acceptors (Lipinski definition) is 4. The first-order chi connectivity index (χ1) is 14.0. The third-order valence-corrected chi connectivity index (χ3v) is 4.90. The third kappa shape index (κ3) is 3.29. The highest BCUT2D eigenvalue weighted by molar-refractivity contribution is 6.51. The molecule has 1 fully saturated rings. The number of aliphatic hydroxyl groups excluding tert-OH is 1. The molecule has 1 amide bonds. The minimum absolute atomic E-state index is 0.0478. The molecular weight excluding hydrogens is 371 g/mol. The average molecular weight is 388 g/mol. The second kappa shape index (κ2) is 7.31. The maximum absolute atomic E-state index is 13.3. The Morgan fingerprint density at radius 1 is 0.966 bits per heavy atom. The molecule has 1 aliphatic rings. The fourth-order valence-corrected chi connectivity index (χ4v) is 3.43. The molecule has 0 saturated carbocycles. The topological polar surface area (TPSA) is 70.5 Å². The lowest BCUT2D eigenvalue weighted by Gasteiger charge is -2.25. The van der Waals surface area contributed by atoms with Crippen LogP contribution in [0.5, 0.6) is 0 Å². The van der Waals surface area contributed by atoms with Crippen LogP contribution in [0.2, 0.25) is 0 Å². The molecule has 5 nitrogen and oxygen atoms in total. The molecule has 0 aliphatic carbocycles. The van der Waals surface area contributed by atoms with Crippen molar-refractivity contribution in [2.45, 2.75) is 13.0 Å². The fourth-order valence-electron chi connectivity index (χ4n) is 3.43. The van der Waals surface area contributed by atoms with Gasteiger partial charge in [0.2, 0.25) is 0 Å². The Hall–Kier alpha value is -3.80. The van der Waals surface area contributed by atoms with E-state index in [2.05, 4.69) is 4.98 Å². The molecule has 1 aromatic heterocycles. The van der Waals surface area contributed by atoms with E-state index in [0.29, 0.717) is 11.3 Å². The Morgan fingerprint density at radius 3 is 2.21 bits per heavy atom. The summed E-state index contributed by atoms with van der Waals surface area (Å²) < 4.78 is 13.3. The molecule has 1 saturated heterocycles. The summed E-state index contributed by atoms with van der Waals surface area (Å²) in [7, 11) is 0. The SMILES string of the molecule is Cc1ccc(N2C(=O)C(=O)/C(=C(\O)c3ccc(F)cc3)C2c2ccncc2)cc1. The van der Waals surface area contributed by atoms with Gasteiger partial charge < -0.3 is 5.11 Å². The number of carbonyl (C=O) groups is 2.